The van der Waals surface area contributed by atoms with Crippen LogP contribution in [-0.2, 0) is 17.8 Å². The van der Waals surface area contributed by atoms with Gasteiger partial charge in [-0.1, -0.05) is 36.9 Å². The molecule has 2 saturated heterocycles. The number of hydrogen-bond acceptors (Lipinski definition) is 7. The van der Waals surface area contributed by atoms with Crippen LogP contribution in [0.3, 0.4) is 0 Å². The third-order valence-electron chi connectivity index (χ3n) is 8.84. The topological polar surface area (TPSA) is 76.1 Å². The monoisotopic (exact) mass is 553 g/mol. The zero-order valence-corrected chi connectivity index (χ0v) is 24.3. The lowest BCUT2D eigenvalue weighted by molar-refractivity contribution is -0.126. The van der Waals surface area contributed by atoms with Gasteiger partial charge in [-0.2, -0.15) is 0 Å². The zero-order valence-electron chi connectivity index (χ0n) is 24.3. The fourth-order valence-electron chi connectivity index (χ4n) is 6.47. The summed E-state index contributed by atoms with van der Waals surface area (Å²) in [6.07, 6.45) is 2.17. The molecule has 4 heterocycles. The summed E-state index contributed by atoms with van der Waals surface area (Å²) in [5.41, 5.74) is 4.48. The van der Waals surface area contributed by atoms with Crippen molar-refractivity contribution in [3.8, 4) is 0 Å². The number of fused-ring (bicyclic) bond motifs is 2. The number of rotatable bonds is 4. The van der Waals surface area contributed by atoms with Crippen LogP contribution in [0.2, 0.25) is 0 Å². The largest absolute Gasteiger partial charge is 0.365 e. The molecule has 0 spiro atoms. The summed E-state index contributed by atoms with van der Waals surface area (Å²) in [6.45, 7) is 14.3. The highest BCUT2D eigenvalue weighted by atomic mass is 16.2. The minimum Gasteiger partial charge on any atom is -0.365 e. The predicted molar refractivity (Wildman–Crippen MR) is 162 cm³/mol. The Hall–Kier alpha value is -3.98. The lowest BCUT2D eigenvalue weighted by atomic mass is 9.99. The summed E-state index contributed by atoms with van der Waals surface area (Å²) in [5, 5.41) is 2.49. The molecule has 3 aromatic rings. The van der Waals surface area contributed by atoms with Crippen LogP contribution < -0.4 is 9.80 Å². The van der Waals surface area contributed by atoms with Gasteiger partial charge >= 0.3 is 0 Å². The lowest BCUT2D eigenvalue weighted by Gasteiger charge is -2.42. The summed E-state index contributed by atoms with van der Waals surface area (Å²) in [6, 6.07) is 12.9. The zero-order chi connectivity index (χ0) is 28.7. The minimum absolute atomic E-state index is 0.0480. The Bertz CT molecular complexity index is 1490. The summed E-state index contributed by atoms with van der Waals surface area (Å²) in [5.74, 6) is 0.969. The molecular weight excluding hydrogens is 514 g/mol. The van der Waals surface area contributed by atoms with Crippen molar-refractivity contribution in [1.29, 1.82) is 0 Å². The molecule has 0 aliphatic carbocycles. The standard InChI is InChI=1S/C32H39N7O2/c1-5-28(40)38-18-19-39(23(3)20-38)31-25-12-13-37(27-11-7-10-24-9-6-8-22(2)29(24)27)21-26(25)33-30(34-31)32(41)36-16-14-35(4)15-17-36/h5-11,23H,1,12-21H2,2-4H3/t23-/m0/s1. The number of likely N-dealkylation sites (N-methyl/N-ethyl adjacent to an activating group) is 1. The van der Waals surface area contributed by atoms with E-state index in [1.165, 1.54) is 28.1 Å². The number of carbonyl (C=O) groups is 2. The fourth-order valence-corrected chi connectivity index (χ4v) is 6.47. The van der Waals surface area contributed by atoms with Crippen molar-refractivity contribution in [3.05, 3.63) is 71.7 Å². The molecule has 3 aliphatic rings. The van der Waals surface area contributed by atoms with Gasteiger partial charge in [-0.3, -0.25) is 9.59 Å². The van der Waals surface area contributed by atoms with Gasteiger partial charge in [0.05, 0.1) is 12.2 Å². The molecule has 6 rings (SSSR count). The maximum atomic E-state index is 13.7. The molecule has 2 fully saturated rings. The number of aryl methyl sites for hydroxylation is 1. The van der Waals surface area contributed by atoms with Crippen LogP contribution in [0.15, 0.2) is 49.1 Å². The Morgan fingerprint density at radius 2 is 1.68 bits per heavy atom. The quantitative estimate of drug-likeness (QED) is 0.460. The fraction of sp³-hybridized carbons (Fsp3) is 0.438. The highest BCUT2D eigenvalue weighted by Crippen LogP contribution is 2.35. The summed E-state index contributed by atoms with van der Waals surface area (Å²) in [7, 11) is 2.08. The van der Waals surface area contributed by atoms with Crippen LogP contribution in [0.5, 0.6) is 0 Å². The first-order valence-electron chi connectivity index (χ1n) is 14.6. The first-order chi connectivity index (χ1) is 19.8. The van der Waals surface area contributed by atoms with Crippen molar-refractivity contribution in [2.45, 2.75) is 32.9 Å². The predicted octanol–water partition coefficient (Wildman–Crippen LogP) is 3.11. The Kier molecular flexibility index (Phi) is 7.38. The van der Waals surface area contributed by atoms with Gasteiger partial charge < -0.3 is 24.5 Å². The normalized spacial score (nSPS) is 19.8. The molecule has 0 saturated carbocycles. The molecular formula is C32H39N7O2. The Morgan fingerprint density at radius 1 is 0.951 bits per heavy atom. The maximum absolute atomic E-state index is 13.7. The molecule has 0 bridgehead atoms. The van der Waals surface area contributed by atoms with Crippen molar-refractivity contribution in [3.63, 3.8) is 0 Å². The van der Waals surface area contributed by atoms with Gasteiger partial charge in [0.15, 0.2) is 0 Å². The minimum atomic E-state index is -0.103. The highest BCUT2D eigenvalue weighted by Gasteiger charge is 2.33. The van der Waals surface area contributed by atoms with E-state index in [0.29, 0.717) is 39.3 Å². The first kappa shape index (κ1) is 27.2. The number of benzene rings is 2. The van der Waals surface area contributed by atoms with E-state index in [2.05, 4.69) is 78.6 Å². The van der Waals surface area contributed by atoms with Gasteiger partial charge in [-0.25, -0.2) is 9.97 Å². The van der Waals surface area contributed by atoms with Gasteiger partial charge in [0.2, 0.25) is 11.7 Å². The van der Waals surface area contributed by atoms with Crippen molar-refractivity contribution < 1.29 is 9.59 Å². The number of aromatic nitrogens is 2. The van der Waals surface area contributed by atoms with E-state index in [1.54, 1.807) is 0 Å². The van der Waals surface area contributed by atoms with Gasteiger partial charge in [-0.15, -0.1) is 0 Å². The van der Waals surface area contributed by atoms with E-state index in [4.69, 9.17) is 9.97 Å². The van der Waals surface area contributed by atoms with Gasteiger partial charge in [0.25, 0.3) is 5.91 Å². The Balaban J connectivity index is 1.38. The highest BCUT2D eigenvalue weighted by molar-refractivity contribution is 5.97. The number of anilines is 2. The number of piperazine rings is 2. The maximum Gasteiger partial charge on any atom is 0.291 e. The third kappa shape index (κ3) is 5.14. The van der Waals surface area contributed by atoms with Crippen molar-refractivity contribution in [1.82, 2.24) is 24.7 Å². The van der Waals surface area contributed by atoms with E-state index < -0.39 is 0 Å². The van der Waals surface area contributed by atoms with Crippen LogP contribution >= 0.6 is 0 Å². The molecule has 2 amide bonds. The average Bonchev–Trinajstić information content (AvgIpc) is 2.99. The molecule has 0 radical (unpaired) electrons. The summed E-state index contributed by atoms with van der Waals surface area (Å²) in [4.78, 5) is 46.6. The van der Waals surface area contributed by atoms with Crippen LogP contribution in [0, 0.1) is 6.92 Å². The van der Waals surface area contributed by atoms with Gasteiger partial charge in [-0.05, 0) is 50.4 Å². The average molecular weight is 554 g/mol. The second-order valence-corrected chi connectivity index (χ2v) is 11.5. The first-order valence-corrected chi connectivity index (χ1v) is 14.6. The molecule has 214 valence electrons. The van der Waals surface area contributed by atoms with Crippen LogP contribution in [0.1, 0.15) is 34.4 Å². The van der Waals surface area contributed by atoms with E-state index >= 15 is 0 Å². The molecule has 9 heteroatoms. The molecule has 0 unspecified atom stereocenters. The van der Waals surface area contributed by atoms with Crippen LogP contribution in [0.4, 0.5) is 11.5 Å². The molecule has 41 heavy (non-hydrogen) atoms. The van der Waals surface area contributed by atoms with Gasteiger partial charge in [0, 0.05) is 75.0 Å². The van der Waals surface area contributed by atoms with Crippen molar-refractivity contribution in [2.24, 2.45) is 0 Å². The Morgan fingerprint density at radius 3 is 2.41 bits per heavy atom. The second kappa shape index (κ2) is 11.1. The molecule has 3 aliphatic heterocycles. The molecule has 0 N–H and O–H groups in total. The third-order valence-corrected chi connectivity index (χ3v) is 8.84. The summed E-state index contributed by atoms with van der Waals surface area (Å²) < 4.78 is 0. The molecule has 1 atom stereocenters. The smallest absolute Gasteiger partial charge is 0.291 e. The second-order valence-electron chi connectivity index (χ2n) is 11.5. The van der Waals surface area contributed by atoms with E-state index in [1.807, 2.05) is 9.80 Å². The van der Waals surface area contributed by atoms with Crippen molar-refractivity contribution in [2.75, 3.05) is 69.2 Å². The summed E-state index contributed by atoms with van der Waals surface area (Å²) >= 11 is 0. The van der Waals surface area contributed by atoms with Crippen molar-refractivity contribution >= 4 is 34.1 Å². The number of amides is 2. The number of carbonyl (C=O) groups excluding carboxylic acids is 2. The van der Waals surface area contributed by atoms with Crippen LogP contribution in [-0.4, -0.2) is 102 Å². The van der Waals surface area contributed by atoms with E-state index in [0.717, 1.165) is 43.1 Å². The Labute approximate surface area is 242 Å². The lowest BCUT2D eigenvalue weighted by Crippen LogP contribution is -2.54. The molecule has 2 aromatic carbocycles. The van der Waals surface area contributed by atoms with E-state index in [9.17, 15) is 9.59 Å². The molecule has 9 nitrogen and oxygen atoms in total. The molecule has 1 aromatic heterocycles. The van der Waals surface area contributed by atoms with Gasteiger partial charge in [0.1, 0.15) is 5.82 Å². The van der Waals surface area contributed by atoms with Crippen LogP contribution in [0.25, 0.3) is 10.8 Å². The number of nitrogens with zero attached hydrogens (tertiary/aromatic N) is 7. The number of hydrogen-bond donors (Lipinski definition) is 0. The SMILES string of the molecule is C=CC(=O)N1CCN(c2nc(C(=O)N3CCN(C)CC3)nc3c2CCN(c2cccc4cccc(C)c24)C3)[C@@H](C)C1. The van der Waals surface area contributed by atoms with E-state index in [-0.39, 0.29) is 23.7 Å².